The van der Waals surface area contributed by atoms with Crippen LogP contribution in [0.25, 0.3) is 0 Å². The number of nitrogens with zero attached hydrogens (tertiary/aromatic N) is 3. The predicted octanol–water partition coefficient (Wildman–Crippen LogP) is 1.91. The second-order valence-corrected chi connectivity index (χ2v) is 5.35. The van der Waals surface area contributed by atoms with Gasteiger partial charge in [-0.2, -0.15) is 15.0 Å². The minimum absolute atomic E-state index is 0.00471. The minimum Gasteiger partial charge on any atom is -0.457 e. The van der Waals surface area contributed by atoms with Crippen LogP contribution >= 0.6 is 0 Å². The van der Waals surface area contributed by atoms with Gasteiger partial charge < -0.3 is 16.2 Å². The Labute approximate surface area is 135 Å². The van der Waals surface area contributed by atoms with Crippen molar-refractivity contribution in [1.82, 2.24) is 15.0 Å². The van der Waals surface area contributed by atoms with Crippen LogP contribution in [-0.4, -0.2) is 20.9 Å². The Morgan fingerprint density at radius 3 is 2.30 bits per heavy atom. The molecule has 0 amide bonds. The number of rotatable bonds is 6. The molecule has 0 radical (unpaired) electrons. The standard InChI is InChI=1S/C16H21N5O2/c1-3-10(2)13(11-7-5-4-6-8-11)14(22)23-9-12-19-15(17)21-16(18)20-12/h4-8,10,13H,3,9H2,1-2H3,(H4,17,18,19,20,21). The van der Waals surface area contributed by atoms with Crippen molar-refractivity contribution in [3.8, 4) is 0 Å². The van der Waals surface area contributed by atoms with Crippen molar-refractivity contribution in [3.63, 3.8) is 0 Å². The van der Waals surface area contributed by atoms with Gasteiger partial charge in [-0.3, -0.25) is 4.79 Å². The van der Waals surface area contributed by atoms with E-state index < -0.39 is 0 Å². The molecule has 23 heavy (non-hydrogen) atoms. The van der Waals surface area contributed by atoms with Crippen molar-refractivity contribution in [1.29, 1.82) is 0 Å². The van der Waals surface area contributed by atoms with Crippen LogP contribution in [-0.2, 0) is 16.1 Å². The molecule has 1 aromatic heterocycles. The summed E-state index contributed by atoms with van der Waals surface area (Å²) in [4.78, 5) is 24.0. The Morgan fingerprint density at radius 1 is 1.13 bits per heavy atom. The van der Waals surface area contributed by atoms with Gasteiger partial charge in [-0.15, -0.1) is 0 Å². The average molecular weight is 315 g/mol. The van der Waals surface area contributed by atoms with E-state index >= 15 is 0 Å². The molecule has 0 spiro atoms. The van der Waals surface area contributed by atoms with Crippen molar-refractivity contribution in [2.45, 2.75) is 32.8 Å². The van der Waals surface area contributed by atoms with Gasteiger partial charge >= 0.3 is 5.97 Å². The molecular formula is C16H21N5O2. The van der Waals surface area contributed by atoms with E-state index in [0.29, 0.717) is 0 Å². The lowest BCUT2D eigenvalue weighted by Gasteiger charge is -2.21. The topological polar surface area (TPSA) is 117 Å². The number of aromatic nitrogens is 3. The molecule has 0 fully saturated rings. The van der Waals surface area contributed by atoms with Gasteiger partial charge in [0.05, 0.1) is 5.92 Å². The lowest BCUT2D eigenvalue weighted by atomic mass is 9.86. The zero-order valence-corrected chi connectivity index (χ0v) is 13.3. The summed E-state index contributed by atoms with van der Waals surface area (Å²) in [6.07, 6.45) is 0.861. The number of anilines is 2. The van der Waals surface area contributed by atoms with E-state index in [1.54, 1.807) is 0 Å². The maximum Gasteiger partial charge on any atom is 0.314 e. The van der Waals surface area contributed by atoms with E-state index in [9.17, 15) is 4.79 Å². The molecule has 0 bridgehead atoms. The average Bonchev–Trinajstić information content (AvgIpc) is 2.53. The summed E-state index contributed by atoms with van der Waals surface area (Å²) in [5.41, 5.74) is 11.9. The zero-order valence-electron chi connectivity index (χ0n) is 13.3. The van der Waals surface area contributed by atoms with Crippen molar-refractivity contribution >= 4 is 17.9 Å². The number of carbonyl (C=O) groups is 1. The first-order valence-electron chi connectivity index (χ1n) is 7.48. The Morgan fingerprint density at radius 2 is 1.74 bits per heavy atom. The molecule has 2 unspecified atom stereocenters. The Hall–Kier alpha value is -2.70. The quantitative estimate of drug-likeness (QED) is 0.782. The van der Waals surface area contributed by atoms with Crippen LogP contribution in [0.3, 0.4) is 0 Å². The van der Waals surface area contributed by atoms with Gasteiger partial charge in [-0.05, 0) is 11.5 Å². The molecule has 0 saturated carbocycles. The highest BCUT2D eigenvalue weighted by Gasteiger charge is 2.27. The Kier molecular flexibility index (Phi) is 5.46. The fourth-order valence-electron chi connectivity index (χ4n) is 2.34. The number of esters is 1. The molecule has 7 heteroatoms. The number of benzene rings is 1. The monoisotopic (exact) mass is 315 g/mol. The maximum absolute atomic E-state index is 12.5. The second kappa shape index (κ2) is 7.53. The van der Waals surface area contributed by atoms with Crippen LogP contribution in [0, 0.1) is 5.92 Å². The second-order valence-electron chi connectivity index (χ2n) is 5.35. The fourth-order valence-corrected chi connectivity index (χ4v) is 2.34. The summed E-state index contributed by atoms with van der Waals surface area (Å²) in [5.74, 6) is -0.256. The van der Waals surface area contributed by atoms with Gasteiger partial charge in [-0.1, -0.05) is 50.6 Å². The summed E-state index contributed by atoms with van der Waals surface area (Å²) >= 11 is 0. The van der Waals surface area contributed by atoms with Crippen LogP contribution in [0.5, 0.6) is 0 Å². The summed E-state index contributed by atoms with van der Waals surface area (Å²) in [5, 5.41) is 0. The number of nitrogens with two attached hydrogens (primary N) is 2. The number of carbonyl (C=O) groups excluding carboxylic acids is 1. The molecule has 1 heterocycles. The van der Waals surface area contributed by atoms with Gasteiger partial charge in [0.1, 0.15) is 0 Å². The van der Waals surface area contributed by atoms with Crippen LogP contribution in [0.4, 0.5) is 11.9 Å². The van der Waals surface area contributed by atoms with Crippen molar-refractivity contribution in [2.24, 2.45) is 5.92 Å². The van der Waals surface area contributed by atoms with Crippen molar-refractivity contribution in [3.05, 3.63) is 41.7 Å². The molecule has 7 nitrogen and oxygen atoms in total. The number of hydrogen-bond acceptors (Lipinski definition) is 7. The van der Waals surface area contributed by atoms with E-state index in [1.165, 1.54) is 0 Å². The van der Waals surface area contributed by atoms with Crippen molar-refractivity contribution < 1.29 is 9.53 Å². The Balaban J connectivity index is 2.12. The normalized spacial score (nSPS) is 13.3. The van der Waals surface area contributed by atoms with Gasteiger partial charge in [0.2, 0.25) is 11.9 Å². The molecule has 122 valence electrons. The first kappa shape index (κ1) is 16.7. The molecule has 2 aromatic rings. The third-order valence-electron chi connectivity index (χ3n) is 3.69. The zero-order chi connectivity index (χ0) is 16.8. The van der Waals surface area contributed by atoms with E-state index in [1.807, 2.05) is 44.2 Å². The van der Waals surface area contributed by atoms with E-state index in [4.69, 9.17) is 16.2 Å². The van der Waals surface area contributed by atoms with Crippen LogP contribution in [0.15, 0.2) is 30.3 Å². The smallest absolute Gasteiger partial charge is 0.314 e. The highest BCUT2D eigenvalue weighted by atomic mass is 16.5. The fraction of sp³-hybridized carbons (Fsp3) is 0.375. The molecule has 0 aliphatic heterocycles. The largest absolute Gasteiger partial charge is 0.457 e. The van der Waals surface area contributed by atoms with Gasteiger partial charge in [0.25, 0.3) is 0 Å². The van der Waals surface area contributed by atoms with Crippen LogP contribution in [0.1, 0.15) is 37.6 Å². The van der Waals surface area contributed by atoms with E-state index in [0.717, 1.165) is 12.0 Å². The van der Waals surface area contributed by atoms with Gasteiger partial charge in [0, 0.05) is 0 Å². The van der Waals surface area contributed by atoms with Crippen LogP contribution < -0.4 is 11.5 Å². The predicted molar refractivity (Wildman–Crippen MR) is 87.1 cm³/mol. The first-order chi connectivity index (χ1) is 11.0. The number of hydrogen-bond donors (Lipinski definition) is 2. The minimum atomic E-state index is -0.335. The SMILES string of the molecule is CCC(C)C(C(=O)OCc1nc(N)nc(N)n1)c1ccccc1. The molecule has 0 saturated heterocycles. The summed E-state index contributed by atoms with van der Waals surface area (Å²) in [6, 6.07) is 9.59. The molecular weight excluding hydrogens is 294 g/mol. The van der Waals surface area contributed by atoms with Gasteiger partial charge in [-0.25, -0.2) is 0 Å². The maximum atomic E-state index is 12.5. The lowest BCUT2D eigenvalue weighted by Crippen LogP contribution is -2.22. The number of nitrogen functional groups attached to an aromatic ring is 2. The molecule has 0 aliphatic carbocycles. The lowest BCUT2D eigenvalue weighted by molar-refractivity contribution is -0.148. The third-order valence-corrected chi connectivity index (χ3v) is 3.69. The molecule has 2 rings (SSSR count). The number of ether oxygens (including phenoxy) is 1. The third kappa shape index (κ3) is 4.38. The summed E-state index contributed by atoms with van der Waals surface area (Å²) in [7, 11) is 0. The highest BCUT2D eigenvalue weighted by molar-refractivity contribution is 5.78. The molecule has 1 aromatic carbocycles. The first-order valence-corrected chi connectivity index (χ1v) is 7.48. The molecule has 2 atom stereocenters. The van der Waals surface area contributed by atoms with Crippen molar-refractivity contribution in [2.75, 3.05) is 11.5 Å². The molecule has 0 aliphatic rings. The highest BCUT2D eigenvalue weighted by Crippen LogP contribution is 2.28. The molecule has 4 N–H and O–H groups in total. The van der Waals surface area contributed by atoms with E-state index in [2.05, 4.69) is 15.0 Å². The van der Waals surface area contributed by atoms with Crippen LogP contribution in [0.2, 0.25) is 0 Å². The van der Waals surface area contributed by atoms with E-state index in [-0.39, 0.29) is 42.1 Å². The van der Waals surface area contributed by atoms with Gasteiger partial charge in [0.15, 0.2) is 12.4 Å². The summed E-state index contributed by atoms with van der Waals surface area (Å²) < 4.78 is 5.37. The summed E-state index contributed by atoms with van der Waals surface area (Å²) in [6.45, 7) is 3.98. The Bertz CT molecular complexity index is 643.